The maximum atomic E-state index is 12.6. The van der Waals surface area contributed by atoms with Gasteiger partial charge in [0.15, 0.2) is 0 Å². The summed E-state index contributed by atoms with van der Waals surface area (Å²) in [5, 5.41) is 4.29. The van der Waals surface area contributed by atoms with Crippen LogP contribution in [0, 0.1) is 0 Å². The number of rotatable bonds is 5. The summed E-state index contributed by atoms with van der Waals surface area (Å²) in [4.78, 5) is 23.2. The molecular weight excluding hydrogens is 326 g/mol. The number of nitrogens with zero attached hydrogens (tertiary/aromatic N) is 4. The molecule has 0 radical (unpaired) electrons. The van der Waals surface area contributed by atoms with Crippen molar-refractivity contribution < 1.29 is 0 Å². The minimum Gasteiger partial charge on any atom is -0.310 e. The third-order valence-corrected chi connectivity index (χ3v) is 6.43. The fraction of sp³-hybridized carbons (Fsp3) is 0.650. The van der Waals surface area contributed by atoms with Gasteiger partial charge >= 0.3 is 0 Å². The first-order valence-electron chi connectivity index (χ1n) is 10.1. The molecular formula is C20H27N5O. The van der Waals surface area contributed by atoms with E-state index in [4.69, 9.17) is 4.98 Å². The Morgan fingerprint density at radius 1 is 1.27 bits per heavy atom. The van der Waals surface area contributed by atoms with E-state index in [2.05, 4.69) is 15.0 Å². The molecule has 0 amide bonds. The van der Waals surface area contributed by atoms with Crippen LogP contribution in [0.3, 0.4) is 0 Å². The Hall–Kier alpha value is -1.95. The van der Waals surface area contributed by atoms with E-state index in [0.29, 0.717) is 5.92 Å². The van der Waals surface area contributed by atoms with E-state index < -0.39 is 0 Å². The lowest BCUT2D eigenvalue weighted by molar-refractivity contribution is 0.140. The number of piperidine rings is 1. The smallest absolute Gasteiger partial charge is 0.254 e. The third-order valence-electron chi connectivity index (χ3n) is 6.43. The Labute approximate surface area is 153 Å². The summed E-state index contributed by atoms with van der Waals surface area (Å²) in [7, 11) is 0. The Morgan fingerprint density at radius 3 is 3.00 bits per heavy atom. The number of hydrogen-bond acceptors (Lipinski definition) is 4. The van der Waals surface area contributed by atoms with Crippen LogP contribution >= 0.6 is 0 Å². The average Bonchev–Trinajstić information content (AvgIpc) is 3.27. The van der Waals surface area contributed by atoms with Gasteiger partial charge in [0.1, 0.15) is 5.82 Å². The molecule has 6 nitrogen and oxygen atoms in total. The summed E-state index contributed by atoms with van der Waals surface area (Å²) in [6.07, 6.45) is 11.7. The molecule has 2 fully saturated rings. The van der Waals surface area contributed by atoms with E-state index in [0.717, 1.165) is 62.5 Å². The highest BCUT2D eigenvalue weighted by molar-refractivity contribution is 5.34. The molecule has 1 unspecified atom stereocenters. The van der Waals surface area contributed by atoms with E-state index in [1.165, 1.54) is 25.7 Å². The first-order valence-corrected chi connectivity index (χ1v) is 10.1. The fourth-order valence-electron chi connectivity index (χ4n) is 4.92. The van der Waals surface area contributed by atoms with Gasteiger partial charge in [-0.25, -0.2) is 4.98 Å². The molecule has 1 N–H and O–H groups in total. The number of aromatic amines is 1. The molecule has 0 aromatic carbocycles. The molecule has 6 heteroatoms. The second kappa shape index (κ2) is 6.34. The van der Waals surface area contributed by atoms with Crippen LogP contribution in [0.15, 0.2) is 23.3 Å². The Balaban J connectivity index is 1.33. The Kier molecular flexibility index (Phi) is 3.96. The van der Waals surface area contributed by atoms with Crippen molar-refractivity contribution in [2.24, 2.45) is 0 Å². The number of hydrogen-bond donors (Lipinski definition) is 1. The summed E-state index contributed by atoms with van der Waals surface area (Å²) in [6.45, 7) is 4.28. The largest absolute Gasteiger partial charge is 0.310 e. The lowest BCUT2D eigenvalue weighted by Crippen LogP contribution is -2.46. The van der Waals surface area contributed by atoms with E-state index >= 15 is 0 Å². The van der Waals surface area contributed by atoms with Gasteiger partial charge in [0, 0.05) is 42.4 Å². The number of fused-ring (bicyclic) bond motifs is 2. The van der Waals surface area contributed by atoms with Crippen molar-refractivity contribution in [3.63, 3.8) is 0 Å². The van der Waals surface area contributed by atoms with Crippen molar-refractivity contribution in [3.8, 4) is 0 Å². The molecule has 26 heavy (non-hydrogen) atoms. The number of aromatic nitrogens is 4. The van der Waals surface area contributed by atoms with Crippen LogP contribution in [0.25, 0.3) is 0 Å². The highest BCUT2D eigenvalue weighted by atomic mass is 16.1. The van der Waals surface area contributed by atoms with Crippen molar-refractivity contribution in [3.05, 3.63) is 45.9 Å². The summed E-state index contributed by atoms with van der Waals surface area (Å²) < 4.78 is 2.01. The SMILES string of the molecule is O=c1[nH]c(C2CC2)nc2c1CCC21CCCN(CCCn2cccn2)C1. The molecule has 1 saturated heterocycles. The van der Waals surface area contributed by atoms with E-state index in [1.54, 1.807) is 0 Å². The monoisotopic (exact) mass is 353 g/mol. The molecule has 2 aliphatic carbocycles. The quantitative estimate of drug-likeness (QED) is 0.895. The van der Waals surface area contributed by atoms with Crippen LogP contribution in [0.5, 0.6) is 0 Å². The van der Waals surface area contributed by atoms with Crippen LogP contribution in [0.1, 0.15) is 61.5 Å². The molecule has 3 heterocycles. The van der Waals surface area contributed by atoms with Crippen LogP contribution in [0.4, 0.5) is 0 Å². The van der Waals surface area contributed by atoms with Gasteiger partial charge in [-0.2, -0.15) is 5.10 Å². The van der Waals surface area contributed by atoms with Gasteiger partial charge in [0.2, 0.25) is 0 Å². The fourth-order valence-corrected chi connectivity index (χ4v) is 4.92. The van der Waals surface area contributed by atoms with Gasteiger partial charge in [0.05, 0.1) is 5.69 Å². The number of likely N-dealkylation sites (tertiary alicyclic amines) is 1. The zero-order valence-electron chi connectivity index (χ0n) is 15.3. The van der Waals surface area contributed by atoms with Crippen molar-refractivity contribution in [1.82, 2.24) is 24.6 Å². The van der Waals surface area contributed by atoms with Crippen LogP contribution in [-0.2, 0) is 18.4 Å². The van der Waals surface area contributed by atoms with Gasteiger partial charge in [0.25, 0.3) is 5.56 Å². The first kappa shape index (κ1) is 16.2. The second-order valence-corrected chi connectivity index (χ2v) is 8.34. The molecule has 5 rings (SSSR count). The Morgan fingerprint density at radius 2 is 2.19 bits per heavy atom. The average molecular weight is 353 g/mol. The molecule has 1 aliphatic heterocycles. The molecule has 2 aromatic heterocycles. The third kappa shape index (κ3) is 2.90. The predicted molar refractivity (Wildman–Crippen MR) is 99.3 cm³/mol. The molecule has 2 aromatic rings. The maximum absolute atomic E-state index is 12.6. The molecule has 3 aliphatic rings. The van der Waals surface area contributed by atoms with Crippen LogP contribution in [0.2, 0.25) is 0 Å². The lowest BCUT2D eigenvalue weighted by atomic mass is 9.77. The van der Waals surface area contributed by atoms with Gasteiger partial charge in [-0.15, -0.1) is 0 Å². The highest BCUT2D eigenvalue weighted by Crippen LogP contribution is 2.44. The van der Waals surface area contributed by atoms with Gasteiger partial charge in [-0.3, -0.25) is 9.48 Å². The number of H-pyrrole nitrogens is 1. The minimum atomic E-state index is 0.108. The molecule has 1 atom stereocenters. The number of aryl methyl sites for hydroxylation is 1. The van der Waals surface area contributed by atoms with Gasteiger partial charge in [-0.1, -0.05) is 0 Å². The standard InChI is InChI=1S/C20H27N5O/c26-19-16-6-8-20(17(16)22-18(23-19)15-4-5-15)7-1-10-24(14-20)11-3-13-25-12-2-9-21-25/h2,9,12,15H,1,3-8,10-11,13-14H2,(H,22,23,26). The summed E-state index contributed by atoms with van der Waals surface area (Å²) >= 11 is 0. The number of nitrogens with one attached hydrogen (secondary N) is 1. The molecule has 1 spiro atoms. The van der Waals surface area contributed by atoms with Gasteiger partial charge < -0.3 is 9.88 Å². The van der Waals surface area contributed by atoms with E-state index in [9.17, 15) is 4.79 Å². The zero-order valence-corrected chi connectivity index (χ0v) is 15.3. The van der Waals surface area contributed by atoms with Crippen LogP contribution < -0.4 is 5.56 Å². The molecule has 138 valence electrons. The van der Waals surface area contributed by atoms with Crippen molar-refractivity contribution in [2.75, 3.05) is 19.6 Å². The van der Waals surface area contributed by atoms with Crippen LogP contribution in [-0.4, -0.2) is 44.3 Å². The molecule has 1 saturated carbocycles. The van der Waals surface area contributed by atoms with Crippen molar-refractivity contribution in [1.29, 1.82) is 0 Å². The van der Waals surface area contributed by atoms with Crippen molar-refractivity contribution in [2.45, 2.75) is 62.8 Å². The predicted octanol–water partition coefficient (Wildman–Crippen LogP) is 2.21. The normalized spacial score (nSPS) is 25.7. The topological polar surface area (TPSA) is 66.8 Å². The van der Waals surface area contributed by atoms with E-state index in [-0.39, 0.29) is 11.0 Å². The lowest BCUT2D eigenvalue weighted by Gasteiger charge is -2.40. The second-order valence-electron chi connectivity index (χ2n) is 8.34. The van der Waals surface area contributed by atoms with E-state index in [1.807, 2.05) is 23.1 Å². The zero-order chi connectivity index (χ0) is 17.6. The minimum absolute atomic E-state index is 0.108. The summed E-state index contributed by atoms with van der Waals surface area (Å²) in [5.74, 6) is 1.45. The summed E-state index contributed by atoms with van der Waals surface area (Å²) in [5.41, 5.74) is 2.34. The highest BCUT2D eigenvalue weighted by Gasteiger charge is 2.45. The molecule has 0 bridgehead atoms. The maximum Gasteiger partial charge on any atom is 0.254 e. The van der Waals surface area contributed by atoms with Gasteiger partial charge in [-0.05, 0) is 64.1 Å². The Bertz CT molecular complexity index is 838. The summed E-state index contributed by atoms with van der Waals surface area (Å²) in [6, 6.07) is 1.98. The first-order chi connectivity index (χ1) is 12.7. The van der Waals surface area contributed by atoms with Crippen molar-refractivity contribution >= 4 is 0 Å².